The minimum absolute atomic E-state index is 0.197. The number of esters is 1. The first-order chi connectivity index (χ1) is 13.8. The molecule has 2 aromatic rings. The second kappa shape index (κ2) is 8.62. The number of methoxy groups -OCH3 is 1. The number of nitrogens with zero attached hydrogens (tertiary/aromatic N) is 1. The molecular weight excluding hydrogens is 394 g/mol. The monoisotopic (exact) mass is 417 g/mol. The lowest BCUT2D eigenvalue weighted by Crippen LogP contribution is -2.48. The van der Waals surface area contributed by atoms with Crippen LogP contribution in [0.15, 0.2) is 53.4 Å². The third-order valence-corrected chi connectivity index (χ3v) is 6.59. The fourth-order valence-corrected chi connectivity index (χ4v) is 4.79. The van der Waals surface area contributed by atoms with Gasteiger partial charge in [-0.15, -0.1) is 0 Å². The molecule has 0 spiro atoms. The second-order valence-corrected chi connectivity index (χ2v) is 8.65. The minimum Gasteiger partial charge on any atom is -0.465 e. The SMILES string of the molecule is COC(=O)c1cccc(NC(=O)N[C@H]2CCCN2S(=O)(=O)c2ccc(C)cc2)c1. The van der Waals surface area contributed by atoms with E-state index in [9.17, 15) is 18.0 Å². The normalized spacial score (nSPS) is 17.0. The molecule has 154 valence electrons. The third kappa shape index (κ3) is 4.75. The first-order valence-corrected chi connectivity index (χ1v) is 10.6. The highest BCUT2D eigenvalue weighted by Gasteiger charge is 2.36. The molecule has 8 nitrogen and oxygen atoms in total. The zero-order valence-electron chi connectivity index (χ0n) is 16.2. The number of aryl methyl sites for hydroxylation is 1. The number of urea groups is 1. The van der Waals surface area contributed by atoms with E-state index in [-0.39, 0.29) is 4.90 Å². The van der Waals surface area contributed by atoms with Crippen LogP contribution in [-0.4, -0.2) is 44.5 Å². The van der Waals surface area contributed by atoms with E-state index in [0.717, 1.165) is 5.56 Å². The van der Waals surface area contributed by atoms with Crippen LogP contribution in [0.1, 0.15) is 28.8 Å². The van der Waals surface area contributed by atoms with Crippen LogP contribution in [0, 0.1) is 6.92 Å². The summed E-state index contributed by atoms with van der Waals surface area (Å²) >= 11 is 0. The number of anilines is 1. The summed E-state index contributed by atoms with van der Waals surface area (Å²) < 4.78 is 31.9. The number of ether oxygens (including phenoxy) is 1. The van der Waals surface area contributed by atoms with Gasteiger partial charge in [0, 0.05) is 12.2 Å². The summed E-state index contributed by atoms with van der Waals surface area (Å²) in [4.78, 5) is 24.2. The van der Waals surface area contributed by atoms with Crippen molar-refractivity contribution in [2.24, 2.45) is 0 Å². The summed E-state index contributed by atoms with van der Waals surface area (Å²) in [6.07, 6.45) is 0.513. The van der Waals surface area contributed by atoms with Gasteiger partial charge in [-0.25, -0.2) is 18.0 Å². The molecule has 1 aliphatic rings. The summed E-state index contributed by atoms with van der Waals surface area (Å²) in [5.74, 6) is -0.514. The molecule has 0 bridgehead atoms. The van der Waals surface area contributed by atoms with Crippen molar-refractivity contribution < 1.29 is 22.7 Å². The van der Waals surface area contributed by atoms with E-state index < -0.39 is 28.2 Å². The molecule has 0 saturated carbocycles. The number of hydrogen-bond donors (Lipinski definition) is 2. The summed E-state index contributed by atoms with van der Waals surface area (Å²) in [5, 5.41) is 5.34. The van der Waals surface area contributed by atoms with Crippen molar-refractivity contribution in [1.82, 2.24) is 9.62 Å². The molecular formula is C20H23N3O5S. The Hall–Kier alpha value is -2.91. The van der Waals surface area contributed by atoms with E-state index in [1.807, 2.05) is 6.92 Å². The highest BCUT2D eigenvalue weighted by molar-refractivity contribution is 7.89. The molecule has 3 rings (SSSR count). The molecule has 2 aromatic carbocycles. The number of carbonyl (C=O) groups is 2. The maximum atomic E-state index is 13.0. The summed E-state index contributed by atoms with van der Waals surface area (Å²) in [6, 6.07) is 12.4. The van der Waals surface area contributed by atoms with Gasteiger partial charge in [0.2, 0.25) is 10.0 Å². The Morgan fingerprint density at radius 3 is 2.55 bits per heavy atom. The third-order valence-electron chi connectivity index (χ3n) is 4.67. The van der Waals surface area contributed by atoms with Crippen LogP contribution < -0.4 is 10.6 Å². The fourth-order valence-electron chi connectivity index (χ4n) is 3.18. The quantitative estimate of drug-likeness (QED) is 0.728. The maximum Gasteiger partial charge on any atom is 0.337 e. The number of sulfonamides is 1. The average Bonchev–Trinajstić information content (AvgIpc) is 3.16. The standard InChI is InChI=1S/C20H23N3O5S/c1-14-8-10-17(11-9-14)29(26,27)23-12-4-7-18(23)22-20(25)21-16-6-3-5-15(13-16)19(24)28-2/h3,5-6,8-11,13,18H,4,7,12H2,1-2H3,(H2,21,22,25)/t18-/m1/s1. The molecule has 0 radical (unpaired) electrons. The van der Waals surface area contributed by atoms with Crippen LogP contribution in [-0.2, 0) is 14.8 Å². The summed E-state index contributed by atoms with van der Waals surface area (Å²) in [5.41, 5.74) is 1.67. The van der Waals surface area contributed by atoms with Gasteiger partial charge in [-0.05, 0) is 50.1 Å². The molecule has 1 heterocycles. The maximum absolute atomic E-state index is 13.0. The Bertz CT molecular complexity index is 1010. The minimum atomic E-state index is -3.71. The molecule has 9 heteroatoms. The molecule has 1 fully saturated rings. The van der Waals surface area contributed by atoms with E-state index in [4.69, 9.17) is 0 Å². The van der Waals surface area contributed by atoms with E-state index in [2.05, 4.69) is 15.4 Å². The zero-order valence-corrected chi connectivity index (χ0v) is 17.0. The van der Waals surface area contributed by atoms with Crippen LogP contribution in [0.25, 0.3) is 0 Å². The fraction of sp³-hybridized carbons (Fsp3) is 0.300. The molecule has 29 heavy (non-hydrogen) atoms. The van der Waals surface area contributed by atoms with Gasteiger partial charge in [0.05, 0.1) is 23.7 Å². The average molecular weight is 417 g/mol. The van der Waals surface area contributed by atoms with E-state index in [1.165, 1.54) is 17.5 Å². The summed E-state index contributed by atoms with van der Waals surface area (Å²) in [6.45, 7) is 2.22. The Labute approximate surface area is 169 Å². The Morgan fingerprint density at radius 2 is 1.86 bits per heavy atom. The first-order valence-electron chi connectivity index (χ1n) is 9.15. The number of carbonyl (C=O) groups excluding carboxylic acids is 2. The zero-order chi connectivity index (χ0) is 21.0. The smallest absolute Gasteiger partial charge is 0.337 e. The van der Waals surface area contributed by atoms with Crippen molar-refractivity contribution in [2.75, 3.05) is 19.0 Å². The van der Waals surface area contributed by atoms with Crippen LogP contribution in [0.3, 0.4) is 0 Å². The highest BCUT2D eigenvalue weighted by atomic mass is 32.2. The summed E-state index contributed by atoms with van der Waals surface area (Å²) in [7, 11) is -2.44. The molecule has 1 atom stereocenters. The van der Waals surface area contributed by atoms with Crippen LogP contribution in [0.4, 0.5) is 10.5 Å². The van der Waals surface area contributed by atoms with Gasteiger partial charge < -0.3 is 15.4 Å². The van der Waals surface area contributed by atoms with Crippen LogP contribution in [0.5, 0.6) is 0 Å². The molecule has 1 aliphatic heterocycles. The van der Waals surface area contributed by atoms with Crippen molar-refractivity contribution in [3.05, 3.63) is 59.7 Å². The van der Waals surface area contributed by atoms with Crippen LogP contribution >= 0.6 is 0 Å². The molecule has 0 aromatic heterocycles. The lowest BCUT2D eigenvalue weighted by Gasteiger charge is -2.25. The topological polar surface area (TPSA) is 105 Å². The van der Waals surface area contributed by atoms with Gasteiger partial charge in [-0.2, -0.15) is 4.31 Å². The van der Waals surface area contributed by atoms with Crippen molar-refractivity contribution in [2.45, 2.75) is 30.8 Å². The number of amides is 2. The molecule has 1 saturated heterocycles. The van der Waals surface area contributed by atoms with Crippen molar-refractivity contribution in [3.8, 4) is 0 Å². The first kappa shape index (κ1) is 20.8. The molecule has 2 N–H and O–H groups in total. The number of rotatable bonds is 5. The van der Waals surface area contributed by atoms with Gasteiger partial charge >= 0.3 is 12.0 Å². The van der Waals surface area contributed by atoms with Crippen molar-refractivity contribution in [3.63, 3.8) is 0 Å². The molecule has 0 aliphatic carbocycles. The predicted octanol–water partition coefficient (Wildman–Crippen LogP) is 2.71. The van der Waals surface area contributed by atoms with E-state index in [1.54, 1.807) is 42.5 Å². The van der Waals surface area contributed by atoms with Crippen molar-refractivity contribution in [1.29, 1.82) is 0 Å². The molecule has 0 unspecified atom stereocenters. The van der Waals surface area contributed by atoms with Gasteiger partial charge in [0.15, 0.2) is 0 Å². The van der Waals surface area contributed by atoms with Gasteiger partial charge in [0.25, 0.3) is 0 Å². The predicted molar refractivity (Wildman–Crippen MR) is 108 cm³/mol. The largest absolute Gasteiger partial charge is 0.465 e. The van der Waals surface area contributed by atoms with Crippen molar-refractivity contribution >= 4 is 27.7 Å². The Kier molecular flexibility index (Phi) is 6.19. The Morgan fingerprint density at radius 1 is 1.14 bits per heavy atom. The Balaban J connectivity index is 1.70. The number of hydrogen-bond acceptors (Lipinski definition) is 5. The number of nitrogens with one attached hydrogen (secondary N) is 2. The van der Waals surface area contributed by atoms with Gasteiger partial charge in [-0.1, -0.05) is 23.8 Å². The number of benzene rings is 2. The second-order valence-electron chi connectivity index (χ2n) is 6.76. The lowest BCUT2D eigenvalue weighted by molar-refractivity contribution is 0.0600. The highest BCUT2D eigenvalue weighted by Crippen LogP contribution is 2.25. The van der Waals surface area contributed by atoms with Crippen LogP contribution in [0.2, 0.25) is 0 Å². The van der Waals surface area contributed by atoms with E-state index >= 15 is 0 Å². The lowest BCUT2D eigenvalue weighted by atomic mass is 10.2. The molecule has 2 amide bonds. The van der Waals surface area contributed by atoms with Gasteiger partial charge in [0.1, 0.15) is 0 Å². The van der Waals surface area contributed by atoms with E-state index in [0.29, 0.717) is 30.6 Å². The van der Waals surface area contributed by atoms with Gasteiger partial charge in [-0.3, -0.25) is 0 Å².